The van der Waals surface area contributed by atoms with Gasteiger partial charge >= 0.3 is 0 Å². The van der Waals surface area contributed by atoms with Gasteiger partial charge in [-0.15, -0.1) is 0 Å². The van der Waals surface area contributed by atoms with Gasteiger partial charge in [-0.2, -0.15) is 0 Å². The minimum Gasteiger partial charge on any atom is -0.338 e. The molecule has 0 radical (unpaired) electrons. The van der Waals surface area contributed by atoms with Crippen LogP contribution in [0.5, 0.6) is 0 Å². The van der Waals surface area contributed by atoms with Gasteiger partial charge in [-0.1, -0.05) is 32.9 Å². The van der Waals surface area contributed by atoms with Crippen molar-refractivity contribution >= 4 is 5.91 Å². The molecule has 2 aromatic rings. The van der Waals surface area contributed by atoms with Crippen LogP contribution in [0.2, 0.25) is 0 Å². The Balaban J connectivity index is 1.66. The summed E-state index contributed by atoms with van der Waals surface area (Å²) in [5.41, 5.74) is 2.17. The third kappa shape index (κ3) is 4.12. The first-order valence-corrected chi connectivity index (χ1v) is 9.22. The first-order chi connectivity index (χ1) is 11.8. The topological polar surface area (TPSA) is 38.1 Å². The number of carbonyl (C=O) groups excluding carboxylic acids is 1. The molecular formula is C21H29N3O. The lowest BCUT2D eigenvalue weighted by molar-refractivity contribution is 0.0662. The number of benzene rings is 1. The Hall–Kier alpha value is -2.10. The number of piperidine rings is 1. The fraction of sp³-hybridized carbons (Fsp3) is 0.524. The van der Waals surface area contributed by atoms with Crippen LogP contribution >= 0.6 is 0 Å². The molecule has 4 nitrogen and oxygen atoms in total. The zero-order valence-electron chi connectivity index (χ0n) is 15.8. The molecule has 1 amide bonds. The third-order valence-corrected chi connectivity index (χ3v) is 5.18. The van der Waals surface area contributed by atoms with Crippen molar-refractivity contribution in [2.75, 3.05) is 13.1 Å². The summed E-state index contributed by atoms with van der Waals surface area (Å²) >= 11 is 0. The molecule has 1 aliphatic rings. The molecule has 1 fully saturated rings. The van der Waals surface area contributed by atoms with Crippen LogP contribution in [0.4, 0.5) is 0 Å². The van der Waals surface area contributed by atoms with Crippen molar-refractivity contribution < 1.29 is 4.79 Å². The van der Waals surface area contributed by atoms with Crippen molar-refractivity contribution in [3.8, 4) is 0 Å². The monoisotopic (exact) mass is 339 g/mol. The van der Waals surface area contributed by atoms with Gasteiger partial charge in [-0.3, -0.25) is 4.79 Å². The van der Waals surface area contributed by atoms with Gasteiger partial charge in [-0.05, 0) is 48.8 Å². The van der Waals surface area contributed by atoms with E-state index >= 15 is 0 Å². The Morgan fingerprint density at radius 2 is 1.96 bits per heavy atom. The lowest BCUT2D eigenvalue weighted by Gasteiger charge is -2.33. The second-order valence-electron chi connectivity index (χ2n) is 8.21. The molecule has 3 rings (SSSR count). The average Bonchev–Trinajstić information content (AvgIpc) is 2.99. The van der Waals surface area contributed by atoms with Gasteiger partial charge in [0.25, 0.3) is 5.91 Å². The molecule has 0 saturated carbocycles. The molecule has 25 heavy (non-hydrogen) atoms. The van der Waals surface area contributed by atoms with E-state index in [1.54, 1.807) is 0 Å². The van der Waals surface area contributed by atoms with Gasteiger partial charge in [0.2, 0.25) is 0 Å². The maximum absolute atomic E-state index is 12.9. The summed E-state index contributed by atoms with van der Waals surface area (Å²) in [5.74, 6) is 1.70. The molecule has 134 valence electrons. The number of aryl methyl sites for hydroxylation is 1. The summed E-state index contributed by atoms with van der Waals surface area (Å²) in [6.07, 6.45) is 6.12. The van der Waals surface area contributed by atoms with Crippen LogP contribution in [0.1, 0.15) is 55.4 Å². The summed E-state index contributed by atoms with van der Waals surface area (Å²) in [6.45, 7) is 11.2. The summed E-state index contributed by atoms with van der Waals surface area (Å²) in [5, 5.41) is 0. The zero-order valence-corrected chi connectivity index (χ0v) is 15.8. The van der Waals surface area contributed by atoms with Gasteiger partial charge in [0.05, 0.1) is 0 Å². The molecule has 0 N–H and O–H groups in total. The molecule has 2 heterocycles. The Morgan fingerprint density at radius 3 is 2.56 bits per heavy atom. The van der Waals surface area contributed by atoms with Crippen LogP contribution in [-0.4, -0.2) is 33.4 Å². The normalized spacial score (nSPS) is 18.4. The maximum Gasteiger partial charge on any atom is 0.253 e. The van der Waals surface area contributed by atoms with Crippen molar-refractivity contribution in [2.24, 2.45) is 5.92 Å². The van der Waals surface area contributed by atoms with Crippen LogP contribution in [-0.2, 0) is 12.0 Å². The minimum atomic E-state index is 0.112. The number of carbonyl (C=O) groups is 1. The lowest BCUT2D eigenvalue weighted by Crippen LogP contribution is -2.41. The number of likely N-dealkylation sites (tertiary alicyclic amines) is 1. The molecule has 0 bridgehead atoms. The third-order valence-electron chi connectivity index (χ3n) is 5.18. The van der Waals surface area contributed by atoms with Gasteiger partial charge in [-0.25, -0.2) is 4.98 Å². The maximum atomic E-state index is 12.9. The van der Waals surface area contributed by atoms with Gasteiger partial charge in [0.15, 0.2) is 0 Å². The standard InChI is InChI=1S/C21H29N3O/c1-16-22-11-13-23(16)14-17-6-5-12-24(15-17)20(25)18-7-9-19(10-8-18)21(2,3)4/h7-11,13,17H,5-6,12,14-15H2,1-4H3/t17-/m1/s1. The second kappa shape index (κ2) is 7.03. The highest BCUT2D eigenvalue weighted by Gasteiger charge is 2.25. The molecule has 1 aromatic carbocycles. The van der Waals surface area contributed by atoms with Crippen molar-refractivity contribution in [2.45, 2.75) is 52.5 Å². The Morgan fingerprint density at radius 1 is 1.24 bits per heavy atom. The fourth-order valence-corrected chi connectivity index (χ4v) is 3.57. The Bertz CT molecular complexity index is 724. The highest BCUT2D eigenvalue weighted by molar-refractivity contribution is 5.94. The fourth-order valence-electron chi connectivity index (χ4n) is 3.57. The van der Waals surface area contributed by atoms with Gasteiger partial charge in [0.1, 0.15) is 5.82 Å². The summed E-state index contributed by atoms with van der Waals surface area (Å²) < 4.78 is 2.19. The number of imidazole rings is 1. The largest absolute Gasteiger partial charge is 0.338 e. The molecule has 1 saturated heterocycles. The van der Waals surface area contributed by atoms with Crippen LogP contribution in [0.3, 0.4) is 0 Å². The number of amides is 1. The summed E-state index contributed by atoms with van der Waals surface area (Å²) in [7, 11) is 0. The highest BCUT2D eigenvalue weighted by atomic mass is 16.2. The van der Waals surface area contributed by atoms with E-state index < -0.39 is 0 Å². The zero-order chi connectivity index (χ0) is 18.0. The van der Waals surface area contributed by atoms with E-state index in [0.29, 0.717) is 5.92 Å². The number of nitrogens with zero attached hydrogens (tertiary/aromatic N) is 3. The molecule has 0 unspecified atom stereocenters. The smallest absolute Gasteiger partial charge is 0.253 e. The van der Waals surface area contributed by atoms with E-state index in [2.05, 4.69) is 42.5 Å². The number of hydrogen-bond acceptors (Lipinski definition) is 2. The number of rotatable bonds is 3. The number of aromatic nitrogens is 2. The lowest BCUT2D eigenvalue weighted by atomic mass is 9.86. The van der Waals surface area contributed by atoms with E-state index in [4.69, 9.17) is 0 Å². The predicted octanol–water partition coefficient (Wildman–Crippen LogP) is 4.04. The molecule has 1 aliphatic heterocycles. The van der Waals surface area contributed by atoms with Crippen molar-refractivity contribution in [1.29, 1.82) is 0 Å². The van der Waals surface area contributed by atoms with Crippen LogP contribution in [0, 0.1) is 12.8 Å². The van der Waals surface area contributed by atoms with E-state index in [1.165, 1.54) is 12.0 Å². The van der Waals surface area contributed by atoms with Crippen LogP contribution in [0.25, 0.3) is 0 Å². The first-order valence-electron chi connectivity index (χ1n) is 9.22. The quantitative estimate of drug-likeness (QED) is 0.846. The highest BCUT2D eigenvalue weighted by Crippen LogP contribution is 2.24. The SMILES string of the molecule is Cc1nccn1C[C@H]1CCCN(C(=O)c2ccc(C(C)(C)C)cc2)C1. The van der Waals surface area contributed by atoms with E-state index in [-0.39, 0.29) is 11.3 Å². The van der Waals surface area contributed by atoms with Gasteiger partial charge < -0.3 is 9.47 Å². The predicted molar refractivity (Wildman–Crippen MR) is 101 cm³/mol. The molecule has 0 spiro atoms. The Kier molecular flexibility index (Phi) is 4.98. The average molecular weight is 339 g/mol. The first kappa shape index (κ1) is 17.7. The van der Waals surface area contributed by atoms with E-state index in [1.807, 2.05) is 36.4 Å². The molecular weight excluding hydrogens is 310 g/mol. The summed E-state index contributed by atoms with van der Waals surface area (Å²) in [6, 6.07) is 8.13. The van der Waals surface area contributed by atoms with Crippen molar-refractivity contribution in [1.82, 2.24) is 14.5 Å². The summed E-state index contributed by atoms with van der Waals surface area (Å²) in [4.78, 5) is 19.2. The second-order valence-corrected chi connectivity index (χ2v) is 8.21. The van der Waals surface area contributed by atoms with E-state index in [0.717, 1.165) is 37.4 Å². The molecule has 0 aliphatic carbocycles. The van der Waals surface area contributed by atoms with Crippen molar-refractivity contribution in [3.05, 3.63) is 53.6 Å². The Labute approximate surface area is 150 Å². The van der Waals surface area contributed by atoms with Gasteiger partial charge in [0, 0.05) is 37.6 Å². The minimum absolute atomic E-state index is 0.112. The molecule has 1 atom stereocenters. The van der Waals surface area contributed by atoms with Crippen molar-refractivity contribution in [3.63, 3.8) is 0 Å². The van der Waals surface area contributed by atoms with E-state index in [9.17, 15) is 4.79 Å². The van der Waals surface area contributed by atoms with Crippen LogP contribution < -0.4 is 0 Å². The van der Waals surface area contributed by atoms with Crippen LogP contribution in [0.15, 0.2) is 36.7 Å². The molecule has 1 aromatic heterocycles. The molecule has 4 heteroatoms. The number of hydrogen-bond donors (Lipinski definition) is 0.